The molecule has 24 heavy (non-hydrogen) atoms. The lowest BCUT2D eigenvalue weighted by Crippen LogP contribution is -2.48. The van der Waals surface area contributed by atoms with Gasteiger partial charge in [-0.3, -0.25) is 4.79 Å². The highest BCUT2D eigenvalue weighted by atomic mass is 16.6. The van der Waals surface area contributed by atoms with E-state index < -0.39 is 24.3 Å². The molecule has 2 rings (SSSR count). The predicted octanol–water partition coefficient (Wildman–Crippen LogP) is 1.91. The molecule has 2 unspecified atom stereocenters. The van der Waals surface area contributed by atoms with Crippen LogP contribution >= 0.6 is 0 Å². The van der Waals surface area contributed by atoms with Gasteiger partial charge in [0.15, 0.2) is 0 Å². The fraction of sp³-hybridized carbons (Fsp3) is 0.778. The summed E-state index contributed by atoms with van der Waals surface area (Å²) in [6.45, 7) is 5.06. The summed E-state index contributed by atoms with van der Waals surface area (Å²) in [7, 11) is 2.34. The molecule has 0 spiro atoms. The van der Waals surface area contributed by atoms with Gasteiger partial charge in [-0.25, -0.2) is 4.79 Å². The number of cyclic esters (lactones) is 1. The fourth-order valence-electron chi connectivity index (χ4n) is 3.66. The molecule has 0 radical (unpaired) electrons. The number of carbonyl (C=O) groups excluding carboxylic acids is 2. The summed E-state index contributed by atoms with van der Waals surface area (Å²) in [5.41, 5.74) is 0.352. The van der Waals surface area contributed by atoms with Crippen molar-refractivity contribution in [3.63, 3.8) is 0 Å². The zero-order valence-corrected chi connectivity index (χ0v) is 14.8. The van der Waals surface area contributed by atoms with Crippen molar-refractivity contribution >= 4 is 11.9 Å². The van der Waals surface area contributed by atoms with Crippen LogP contribution in [-0.2, 0) is 19.1 Å². The van der Waals surface area contributed by atoms with Crippen molar-refractivity contribution in [2.45, 2.75) is 64.3 Å². The highest BCUT2D eigenvalue weighted by Gasteiger charge is 2.32. The number of carbonyl (C=O) groups is 2. The number of likely N-dealkylation sites (tertiary alicyclic amines) is 1. The van der Waals surface area contributed by atoms with Gasteiger partial charge in [0.1, 0.15) is 6.10 Å². The Hall–Kier alpha value is -1.40. The van der Waals surface area contributed by atoms with Crippen LogP contribution in [0.3, 0.4) is 0 Å². The van der Waals surface area contributed by atoms with Gasteiger partial charge >= 0.3 is 11.9 Å². The molecule has 0 saturated carbocycles. The van der Waals surface area contributed by atoms with Crippen LogP contribution in [0.5, 0.6) is 0 Å². The Bertz CT molecular complexity index is 482. The van der Waals surface area contributed by atoms with E-state index in [2.05, 4.69) is 11.8 Å². The van der Waals surface area contributed by atoms with Gasteiger partial charge in [-0.1, -0.05) is 0 Å². The lowest BCUT2D eigenvalue weighted by Gasteiger charge is -2.37. The maximum Gasteiger partial charge on any atom is 0.333 e. The second kappa shape index (κ2) is 8.62. The van der Waals surface area contributed by atoms with Gasteiger partial charge in [0.2, 0.25) is 6.29 Å². The van der Waals surface area contributed by atoms with Crippen molar-refractivity contribution in [2.24, 2.45) is 0 Å². The maximum absolute atomic E-state index is 11.3. The lowest BCUT2D eigenvalue weighted by atomic mass is 10.0. The van der Waals surface area contributed by atoms with Crippen LogP contribution in [0, 0.1) is 0 Å². The van der Waals surface area contributed by atoms with E-state index in [9.17, 15) is 14.7 Å². The van der Waals surface area contributed by atoms with Gasteiger partial charge in [0, 0.05) is 18.6 Å². The Balaban J connectivity index is 1.75. The Kier molecular flexibility index (Phi) is 6.80. The minimum absolute atomic E-state index is 0.352. The fourth-order valence-corrected chi connectivity index (χ4v) is 3.66. The molecule has 1 fully saturated rings. The first-order valence-corrected chi connectivity index (χ1v) is 9.00. The largest absolute Gasteiger partial charge is 0.458 e. The standard InChI is InChI=1S/C18H30NO5/c1-14(20)23-16(15-13-17(21)24-18(15)22)9-5-3-6-10-19(2)11-7-4-8-12-19/h13,16,18,22H,3-12H2,1-2H3/q+1. The normalized spacial score (nSPS) is 24.2. The monoisotopic (exact) mass is 340 g/mol. The minimum atomic E-state index is -1.29. The number of hydrogen-bond acceptors (Lipinski definition) is 5. The summed E-state index contributed by atoms with van der Waals surface area (Å²) in [5, 5.41) is 9.74. The molecule has 0 amide bonds. The quantitative estimate of drug-likeness (QED) is 0.415. The first kappa shape index (κ1) is 18.9. The molecule has 2 aliphatic rings. The van der Waals surface area contributed by atoms with E-state index in [4.69, 9.17) is 4.74 Å². The minimum Gasteiger partial charge on any atom is -0.458 e. The van der Waals surface area contributed by atoms with Gasteiger partial charge in [-0.15, -0.1) is 0 Å². The number of esters is 2. The highest BCUT2D eigenvalue weighted by molar-refractivity contribution is 5.86. The molecule has 6 nitrogen and oxygen atoms in total. The molecule has 2 aliphatic heterocycles. The van der Waals surface area contributed by atoms with Crippen LogP contribution in [0.15, 0.2) is 11.6 Å². The molecule has 1 N–H and O–H groups in total. The maximum atomic E-state index is 11.3. The molecule has 136 valence electrons. The number of aliphatic hydroxyl groups is 1. The number of hydrogen-bond donors (Lipinski definition) is 1. The third-order valence-corrected chi connectivity index (χ3v) is 5.04. The molecule has 2 heterocycles. The third-order valence-electron chi connectivity index (χ3n) is 5.04. The smallest absolute Gasteiger partial charge is 0.333 e. The van der Waals surface area contributed by atoms with Crippen molar-refractivity contribution in [1.29, 1.82) is 0 Å². The SMILES string of the molecule is CC(=O)OC(CCCCC[N+]1(C)CCCCC1)C1=CC(=O)OC1O. The van der Waals surface area contributed by atoms with Crippen molar-refractivity contribution < 1.29 is 28.7 Å². The van der Waals surface area contributed by atoms with Gasteiger partial charge in [0.25, 0.3) is 0 Å². The van der Waals surface area contributed by atoms with Gasteiger partial charge < -0.3 is 19.1 Å². The van der Waals surface area contributed by atoms with Crippen molar-refractivity contribution in [1.82, 2.24) is 0 Å². The summed E-state index contributed by atoms with van der Waals surface area (Å²) in [5.74, 6) is -1.00. The van der Waals surface area contributed by atoms with Crippen LogP contribution in [0.4, 0.5) is 0 Å². The molecule has 0 aromatic carbocycles. The molecule has 2 atom stereocenters. The molecule has 0 aromatic rings. The second-order valence-corrected chi connectivity index (χ2v) is 7.23. The molecular weight excluding hydrogens is 310 g/mol. The van der Waals surface area contributed by atoms with E-state index >= 15 is 0 Å². The molecule has 6 heteroatoms. The topological polar surface area (TPSA) is 72.8 Å². The van der Waals surface area contributed by atoms with Crippen molar-refractivity contribution in [3.8, 4) is 0 Å². The molecular formula is C18H30NO5+. The van der Waals surface area contributed by atoms with Gasteiger partial charge in [-0.05, 0) is 44.9 Å². The highest BCUT2D eigenvalue weighted by Crippen LogP contribution is 2.24. The number of piperidine rings is 1. The predicted molar refractivity (Wildman–Crippen MR) is 88.8 cm³/mol. The molecule has 0 aliphatic carbocycles. The molecule has 0 aromatic heterocycles. The summed E-state index contributed by atoms with van der Waals surface area (Å²) < 4.78 is 11.1. The van der Waals surface area contributed by atoms with E-state index in [1.165, 1.54) is 56.4 Å². The summed E-state index contributed by atoms with van der Waals surface area (Å²) >= 11 is 0. The Morgan fingerprint density at radius 3 is 2.62 bits per heavy atom. The summed E-state index contributed by atoms with van der Waals surface area (Å²) in [6, 6.07) is 0. The van der Waals surface area contributed by atoms with Crippen LogP contribution in [-0.4, -0.2) is 60.6 Å². The molecule has 1 saturated heterocycles. The number of rotatable bonds is 8. The van der Waals surface area contributed by atoms with Crippen LogP contribution in [0.25, 0.3) is 0 Å². The number of ether oxygens (including phenoxy) is 2. The third kappa shape index (κ3) is 5.60. The summed E-state index contributed by atoms with van der Waals surface area (Å²) in [6.07, 6.45) is 7.04. The van der Waals surface area contributed by atoms with E-state index in [1.54, 1.807) is 0 Å². The van der Waals surface area contributed by atoms with Crippen molar-refractivity contribution in [3.05, 3.63) is 11.6 Å². The molecule has 0 bridgehead atoms. The first-order chi connectivity index (χ1) is 11.4. The van der Waals surface area contributed by atoms with E-state index in [-0.39, 0.29) is 0 Å². The number of quaternary nitrogens is 1. The summed E-state index contributed by atoms with van der Waals surface area (Å²) in [4.78, 5) is 22.5. The van der Waals surface area contributed by atoms with Gasteiger partial charge in [0.05, 0.1) is 26.7 Å². The van der Waals surface area contributed by atoms with Crippen LogP contribution < -0.4 is 0 Å². The second-order valence-electron chi connectivity index (χ2n) is 7.23. The zero-order chi connectivity index (χ0) is 17.6. The number of nitrogens with zero attached hydrogens (tertiary/aromatic N) is 1. The Labute approximate surface area is 144 Å². The lowest BCUT2D eigenvalue weighted by molar-refractivity contribution is -0.914. The van der Waals surface area contributed by atoms with Crippen LogP contribution in [0.2, 0.25) is 0 Å². The average Bonchev–Trinajstić information content (AvgIpc) is 2.84. The average molecular weight is 340 g/mol. The number of aliphatic hydroxyl groups excluding tert-OH is 1. The van der Waals surface area contributed by atoms with E-state index in [1.807, 2.05) is 0 Å². The van der Waals surface area contributed by atoms with E-state index in [0.29, 0.717) is 12.0 Å². The van der Waals surface area contributed by atoms with Crippen LogP contribution in [0.1, 0.15) is 51.9 Å². The number of unbranched alkanes of at least 4 members (excludes halogenated alkanes) is 2. The first-order valence-electron chi connectivity index (χ1n) is 9.00. The van der Waals surface area contributed by atoms with Gasteiger partial charge in [-0.2, -0.15) is 0 Å². The Morgan fingerprint density at radius 2 is 2.04 bits per heavy atom. The zero-order valence-electron chi connectivity index (χ0n) is 14.8. The van der Waals surface area contributed by atoms with Crippen molar-refractivity contribution in [2.75, 3.05) is 26.7 Å². The Morgan fingerprint density at radius 1 is 1.33 bits per heavy atom. The van der Waals surface area contributed by atoms with E-state index in [0.717, 1.165) is 19.3 Å².